The van der Waals surface area contributed by atoms with Crippen LogP contribution < -0.4 is 5.32 Å². The van der Waals surface area contributed by atoms with E-state index in [9.17, 15) is 9.59 Å². The summed E-state index contributed by atoms with van der Waals surface area (Å²) in [4.78, 5) is 26.0. The van der Waals surface area contributed by atoms with E-state index >= 15 is 0 Å². The Labute approximate surface area is 160 Å². The van der Waals surface area contributed by atoms with Gasteiger partial charge < -0.3 is 10.1 Å². The van der Waals surface area contributed by atoms with Crippen LogP contribution in [0.4, 0.5) is 0 Å². The zero-order valence-corrected chi connectivity index (χ0v) is 16.1. The highest BCUT2D eigenvalue weighted by Gasteiger charge is 2.39. The van der Waals surface area contributed by atoms with Gasteiger partial charge in [0, 0.05) is 29.3 Å². The van der Waals surface area contributed by atoms with Crippen LogP contribution >= 0.6 is 0 Å². The molecule has 0 amide bonds. The summed E-state index contributed by atoms with van der Waals surface area (Å²) in [6, 6.07) is 8.13. The Hall–Kier alpha value is -2.36. The van der Waals surface area contributed by atoms with E-state index < -0.39 is 0 Å². The lowest BCUT2D eigenvalue weighted by Gasteiger charge is -2.34. The molecule has 27 heavy (non-hydrogen) atoms. The molecule has 142 valence electrons. The average Bonchev–Trinajstić information content (AvgIpc) is 3.13. The number of benzene rings is 1. The molecule has 2 aliphatic carbocycles. The molecule has 0 bridgehead atoms. The first-order chi connectivity index (χ1) is 13.0. The third-order valence-corrected chi connectivity index (χ3v) is 5.95. The smallest absolute Gasteiger partial charge is 0.337 e. The van der Waals surface area contributed by atoms with Crippen molar-refractivity contribution in [1.82, 2.24) is 5.32 Å². The number of ether oxygens (including phenoxy) is 1. The summed E-state index contributed by atoms with van der Waals surface area (Å²) >= 11 is 0. The minimum Gasteiger partial charge on any atom is -0.459 e. The van der Waals surface area contributed by atoms with Gasteiger partial charge in [0.25, 0.3) is 0 Å². The van der Waals surface area contributed by atoms with Crippen LogP contribution in [0.15, 0.2) is 46.8 Å². The van der Waals surface area contributed by atoms with Crippen LogP contribution in [0, 0.1) is 6.92 Å². The van der Waals surface area contributed by atoms with Gasteiger partial charge in [-0.3, -0.25) is 4.79 Å². The first-order valence-corrected chi connectivity index (χ1v) is 10.1. The zero-order chi connectivity index (χ0) is 19.0. The van der Waals surface area contributed by atoms with Crippen LogP contribution in [0.3, 0.4) is 0 Å². The van der Waals surface area contributed by atoms with Gasteiger partial charge in [0.05, 0.1) is 5.57 Å². The van der Waals surface area contributed by atoms with Gasteiger partial charge in [-0.1, -0.05) is 29.8 Å². The molecule has 0 saturated heterocycles. The van der Waals surface area contributed by atoms with Crippen molar-refractivity contribution in [1.29, 1.82) is 0 Å². The zero-order valence-electron chi connectivity index (χ0n) is 16.1. The normalized spacial score (nSPS) is 23.3. The molecule has 1 fully saturated rings. The monoisotopic (exact) mass is 365 g/mol. The second-order valence-electron chi connectivity index (χ2n) is 7.99. The standard InChI is InChI=1S/C23H27NO3/c1-14-7-5-8-16(13-14)21-20(23(26)27-17-9-3-4-10-17)15(2)24-18-11-6-12-19(25)22(18)21/h5,7-8,13,17,21,24H,3-4,6,9-12H2,1-2H3/t21-/m1/s1. The summed E-state index contributed by atoms with van der Waals surface area (Å²) in [5, 5.41) is 3.36. The van der Waals surface area contributed by atoms with Gasteiger partial charge in [0.15, 0.2) is 5.78 Å². The molecule has 0 aromatic heterocycles. The number of carbonyl (C=O) groups excluding carboxylic acids is 2. The van der Waals surface area contributed by atoms with E-state index in [1.165, 1.54) is 0 Å². The maximum Gasteiger partial charge on any atom is 0.337 e. The number of carbonyl (C=O) groups is 2. The maximum absolute atomic E-state index is 13.2. The molecule has 3 aliphatic rings. The molecule has 1 aromatic rings. The van der Waals surface area contributed by atoms with E-state index in [0.717, 1.165) is 66.6 Å². The molecular formula is C23H27NO3. The summed E-state index contributed by atoms with van der Waals surface area (Å²) in [5.41, 5.74) is 5.28. The minimum atomic E-state index is -0.331. The average molecular weight is 365 g/mol. The molecule has 4 rings (SSSR count). The largest absolute Gasteiger partial charge is 0.459 e. The van der Waals surface area contributed by atoms with Gasteiger partial charge in [0.2, 0.25) is 0 Å². The third-order valence-electron chi connectivity index (χ3n) is 5.95. The molecule has 1 aromatic carbocycles. The van der Waals surface area contributed by atoms with Crippen molar-refractivity contribution in [2.45, 2.75) is 70.8 Å². The van der Waals surface area contributed by atoms with Crippen LogP contribution in [0.2, 0.25) is 0 Å². The Morgan fingerprint density at radius 1 is 1.11 bits per heavy atom. The number of allylic oxidation sites excluding steroid dienone is 3. The fraction of sp³-hybridized carbons (Fsp3) is 0.478. The van der Waals surface area contributed by atoms with Crippen molar-refractivity contribution in [2.75, 3.05) is 0 Å². The van der Waals surface area contributed by atoms with Crippen molar-refractivity contribution in [3.05, 3.63) is 57.9 Å². The third kappa shape index (κ3) is 3.45. The van der Waals surface area contributed by atoms with Crippen molar-refractivity contribution in [3.63, 3.8) is 0 Å². The quantitative estimate of drug-likeness (QED) is 0.804. The number of esters is 1. The Balaban J connectivity index is 1.77. The van der Waals surface area contributed by atoms with E-state index in [1.807, 2.05) is 32.0 Å². The van der Waals surface area contributed by atoms with Crippen LogP contribution in [0.25, 0.3) is 0 Å². The highest BCUT2D eigenvalue weighted by molar-refractivity contribution is 6.03. The molecule has 4 heteroatoms. The van der Waals surface area contributed by atoms with E-state index in [-0.39, 0.29) is 23.8 Å². The number of rotatable bonds is 3. The van der Waals surface area contributed by atoms with E-state index in [2.05, 4.69) is 11.4 Å². The number of hydrogen-bond donors (Lipinski definition) is 1. The molecule has 1 N–H and O–H groups in total. The van der Waals surface area contributed by atoms with Crippen molar-refractivity contribution in [3.8, 4) is 0 Å². The van der Waals surface area contributed by atoms with Crippen molar-refractivity contribution in [2.24, 2.45) is 0 Å². The number of nitrogens with one attached hydrogen (secondary N) is 1. The lowest BCUT2D eigenvalue weighted by molar-refractivity contribution is -0.144. The number of dihydropyridines is 1. The Morgan fingerprint density at radius 3 is 2.63 bits per heavy atom. The lowest BCUT2D eigenvalue weighted by atomic mass is 9.75. The summed E-state index contributed by atoms with van der Waals surface area (Å²) in [5.74, 6) is -0.458. The predicted molar refractivity (Wildman–Crippen MR) is 104 cm³/mol. The number of Topliss-reactive ketones (excluding diaryl/α,β-unsaturated/α-hetero) is 1. The molecule has 1 atom stereocenters. The van der Waals surface area contributed by atoms with Gasteiger partial charge in [-0.25, -0.2) is 4.79 Å². The van der Waals surface area contributed by atoms with Crippen LogP contribution in [-0.4, -0.2) is 17.9 Å². The molecule has 1 saturated carbocycles. The number of ketones is 1. The van der Waals surface area contributed by atoms with Crippen LogP contribution in [0.1, 0.15) is 68.9 Å². The second kappa shape index (κ2) is 7.34. The second-order valence-corrected chi connectivity index (χ2v) is 7.99. The predicted octanol–water partition coefficient (Wildman–Crippen LogP) is 4.45. The first kappa shape index (κ1) is 18.0. The SMILES string of the molecule is CC1=C(C(=O)OC2CCCC2)[C@@H](c2cccc(C)c2)C2=C(CCCC2=O)N1. The van der Waals surface area contributed by atoms with Gasteiger partial charge in [-0.15, -0.1) is 0 Å². The Bertz CT molecular complexity index is 843. The first-order valence-electron chi connectivity index (χ1n) is 10.1. The molecule has 1 aliphatic heterocycles. The van der Waals surface area contributed by atoms with E-state index in [1.54, 1.807) is 0 Å². The number of hydrogen-bond acceptors (Lipinski definition) is 4. The molecule has 4 nitrogen and oxygen atoms in total. The summed E-state index contributed by atoms with van der Waals surface area (Å²) in [7, 11) is 0. The Kier molecular flexibility index (Phi) is 4.90. The summed E-state index contributed by atoms with van der Waals surface area (Å²) in [6.07, 6.45) is 6.38. The molecule has 0 radical (unpaired) electrons. The highest BCUT2D eigenvalue weighted by Crippen LogP contribution is 2.43. The summed E-state index contributed by atoms with van der Waals surface area (Å²) < 4.78 is 5.85. The fourth-order valence-electron chi connectivity index (χ4n) is 4.66. The van der Waals surface area contributed by atoms with E-state index in [4.69, 9.17) is 4.74 Å². The highest BCUT2D eigenvalue weighted by atomic mass is 16.5. The van der Waals surface area contributed by atoms with Crippen molar-refractivity contribution < 1.29 is 14.3 Å². The Morgan fingerprint density at radius 2 is 1.89 bits per heavy atom. The van der Waals surface area contributed by atoms with Crippen molar-refractivity contribution >= 4 is 11.8 Å². The minimum absolute atomic E-state index is 0.00777. The molecule has 0 spiro atoms. The molecular weight excluding hydrogens is 338 g/mol. The molecule has 1 heterocycles. The maximum atomic E-state index is 13.2. The molecule has 0 unspecified atom stereocenters. The fourth-order valence-corrected chi connectivity index (χ4v) is 4.66. The van der Waals surface area contributed by atoms with E-state index in [0.29, 0.717) is 12.0 Å². The van der Waals surface area contributed by atoms with Gasteiger partial charge >= 0.3 is 5.97 Å². The summed E-state index contributed by atoms with van der Waals surface area (Å²) in [6.45, 7) is 3.96. The number of aryl methyl sites for hydroxylation is 1. The van der Waals surface area contributed by atoms with Crippen LogP contribution in [-0.2, 0) is 14.3 Å². The van der Waals surface area contributed by atoms with Crippen LogP contribution in [0.5, 0.6) is 0 Å². The lowest BCUT2D eigenvalue weighted by Crippen LogP contribution is -2.35. The topological polar surface area (TPSA) is 55.4 Å². The van der Waals surface area contributed by atoms with Gasteiger partial charge in [-0.05, 0) is 57.9 Å². The van der Waals surface area contributed by atoms with Gasteiger partial charge in [0.1, 0.15) is 6.10 Å². The van der Waals surface area contributed by atoms with Gasteiger partial charge in [-0.2, -0.15) is 0 Å².